The molecule has 2 amide bonds. The van der Waals surface area contributed by atoms with E-state index in [1.165, 1.54) is 0 Å². The third-order valence-corrected chi connectivity index (χ3v) is 3.11. The van der Waals surface area contributed by atoms with Gasteiger partial charge in [0.1, 0.15) is 12.1 Å². The Balaban J connectivity index is 4.99. The lowest BCUT2D eigenvalue weighted by atomic mass is 10.1. The molecule has 0 aliphatic carbocycles. The molecule has 0 bridgehead atoms. The van der Waals surface area contributed by atoms with E-state index in [-0.39, 0.29) is 25.3 Å². The number of carboxylic acids is 2. The van der Waals surface area contributed by atoms with Crippen molar-refractivity contribution in [3.63, 3.8) is 0 Å². The van der Waals surface area contributed by atoms with Gasteiger partial charge >= 0.3 is 11.9 Å². The standard InChI is InChI=1S/C13H24N6O7/c14-6(4-9(21)22)10(23)18-7(2-1-3-17-13(15)16)11(24)19-8(5-20)12(25)26/h6-8,20H,1-5,14H2,(H,18,23)(H,19,24)(H,21,22)(H,25,26)(H4,15,16,17). The van der Waals surface area contributed by atoms with E-state index in [0.29, 0.717) is 0 Å². The number of nitrogens with two attached hydrogens (primary N) is 3. The van der Waals surface area contributed by atoms with Crippen LogP contribution in [0.1, 0.15) is 19.3 Å². The average molecular weight is 376 g/mol. The second-order valence-corrected chi connectivity index (χ2v) is 5.30. The Labute approximate surface area is 148 Å². The molecule has 0 radical (unpaired) electrons. The first-order valence-corrected chi connectivity index (χ1v) is 7.55. The Morgan fingerprint density at radius 2 is 1.58 bits per heavy atom. The predicted molar refractivity (Wildman–Crippen MR) is 88.7 cm³/mol. The molecule has 13 heteroatoms. The van der Waals surface area contributed by atoms with Crippen molar-refractivity contribution in [1.82, 2.24) is 10.6 Å². The van der Waals surface area contributed by atoms with Gasteiger partial charge in [-0.25, -0.2) is 4.79 Å². The van der Waals surface area contributed by atoms with Crippen molar-refractivity contribution in [2.75, 3.05) is 13.2 Å². The van der Waals surface area contributed by atoms with Crippen molar-refractivity contribution in [1.29, 1.82) is 0 Å². The first kappa shape index (κ1) is 23.1. The van der Waals surface area contributed by atoms with Gasteiger partial charge in [-0.3, -0.25) is 19.4 Å². The van der Waals surface area contributed by atoms with Crippen LogP contribution in [-0.2, 0) is 19.2 Å². The van der Waals surface area contributed by atoms with E-state index in [2.05, 4.69) is 15.6 Å². The Hall–Kier alpha value is -2.93. The molecule has 148 valence electrons. The first-order chi connectivity index (χ1) is 12.1. The summed E-state index contributed by atoms with van der Waals surface area (Å²) in [6.07, 6.45) is -0.379. The Morgan fingerprint density at radius 3 is 2.04 bits per heavy atom. The molecule has 0 aromatic carbocycles. The summed E-state index contributed by atoms with van der Waals surface area (Å²) < 4.78 is 0. The Bertz CT molecular complexity index is 549. The number of amides is 2. The van der Waals surface area contributed by atoms with Gasteiger partial charge in [-0.15, -0.1) is 0 Å². The van der Waals surface area contributed by atoms with Gasteiger partial charge in [-0.05, 0) is 12.8 Å². The highest BCUT2D eigenvalue weighted by molar-refractivity contribution is 5.92. The van der Waals surface area contributed by atoms with Crippen LogP contribution in [0.3, 0.4) is 0 Å². The maximum atomic E-state index is 12.2. The number of aliphatic hydroxyl groups is 1. The molecule has 0 fully saturated rings. The first-order valence-electron chi connectivity index (χ1n) is 7.55. The number of carboxylic acid groups (broad SMARTS) is 2. The molecular weight excluding hydrogens is 352 g/mol. The highest BCUT2D eigenvalue weighted by Gasteiger charge is 2.28. The predicted octanol–water partition coefficient (Wildman–Crippen LogP) is -4.11. The van der Waals surface area contributed by atoms with E-state index in [1.54, 1.807) is 0 Å². The molecule has 11 N–H and O–H groups in total. The minimum absolute atomic E-state index is 0.0198. The highest BCUT2D eigenvalue weighted by Crippen LogP contribution is 2.01. The van der Waals surface area contributed by atoms with E-state index < -0.39 is 54.9 Å². The van der Waals surface area contributed by atoms with Gasteiger partial charge in [0, 0.05) is 6.54 Å². The molecule has 3 unspecified atom stereocenters. The molecular formula is C13H24N6O7. The van der Waals surface area contributed by atoms with E-state index in [0.717, 1.165) is 0 Å². The topological polar surface area (TPSA) is 243 Å². The van der Waals surface area contributed by atoms with Crippen LogP contribution in [0.15, 0.2) is 4.99 Å². The minimum atomic E-state index is -1.56. The summed E-state index contributed by atoms with van der Waals surface area (Å²) in [5, 5.41) is 30.8. The fourth-order valence-corrected chi connectivity index (χ4v) is 1.79. The van der Waals surface area contributed by atoms with E-state index in [4.69, 9.17) is 32.5 Å². The summed E-state index contributed by atoms with van der Waals surface area (Å²) in [4.78, 5) is 49.3. The summed E-state index contributed by atoms with van der Waals surface area (Å²) in [6, 6.07) is -4.18. The fourth-order valence-electron chi connectivity index (χ4n) is 1.79. The van der Waals surface area contributed by atoms with Gasteiger partial charge in [0.2, 0.25) is 11.8 Å². The zero-order valence-corrected chi connectivity index (χ0v) is 13.9. The number of nitrogens with one attached hydrogen (secondary N) is 2. The molecule has 26 heavy (non-hydrogen) atoms. The van der Waals surface area contributed by atoms with Crippen molar-refractivity contribution in [2.45, 2.75) is 37.4 Å². The molecule has 0 saturated carbocycles. The van der Waals surface area contributed by atoms with E-state index in [9.17, 15) is 19.2 Å². The van der Waals surface area contributed by atoms with Crippen molar-refractivity contribution < 1.29 is 34.5 Å². The number of guanidine groups is 1. The fraction of sp³-hybridized carbons (Fsp3) is 0.615. The molecule has 0 aromatic heterocycles. The normalized spacial score (nSPS) is 13.8. The molecule has 0 aromatic rings. The number of carbonyl (C=O) groups is 4. The van der Waals surface area contributed by atoms with Gasteiger partial charge < -0.3 is 43.2 Å². The van der Waals surface area contributed by atoms with E-state index >= 15 is 0 Å². The second-order valence-electron chi connectivity index (χ2n) is 5.30. The molecule has 3 atom stereocenters. The SMILES string of the molecule is NC(N)=NCCCC(NC(=O)C(N)CC(=O)O)C(=O)NC(CO)C(=O)O. The summed E-state index contributed by atoms with van der Waals surface area (Å²) in [7, 11) is 0. The van der Waals surface area contributed by atoms with Gasteiger partial charge in [0.25, 0.3) is 0 Å². The monoisotopic (exact) mass is 376 g/mol. The summed E-state index contributed by atoms with van der Waals surface area (Å²) >= 11 is 0. The summed E-state index contributed by atoms with van der Waals surface area (Å²) in [5.74, 6) is -4.70. The maximum Gasteiger partial charge on any atom is 0.328 e. The molecule has 0 saturated heterocycles. The lowest BCUT2D eigenvalue weighted by Crippen LogP contribution is -2.55. The lowest BCUT2D eigenvalue weighted by molar-refractivity contribution is -0.143. The molecule has 0 heterocycles. The number of hydrogen-bond acceptors (Lipinski definition) is 7. The van der Waals surface area contributed by atoms with Gasteiger partial charge in [-0.1, -0.05) is 0 Å². The average Bonchev–Trinajstić information content (AvgIpc) is 2.53. The van der Waals surface area contributed by atoms with Crippen molar-refractivity contribution in [3.8, 4) is 0 Å². The number of aliphatic imine (C=N–C) groups is 1. The molecule has 0 aliphatic rings. The number of hydrogen-bond donors (Lipinski definition) is 8. The van der Waals surface area contributed by atoms with Gasteiger partial charge in [0.05, 0.1) is 19.1 Å². The van der Waals surface area contributed by atoms with Crippen LogP contribution in [0.25, 0.3) is 0 Å². The zero-order chi connectivity index (χ0) is 20.3. The third kappa shape index (κ3) is 9.39. The van der Waals surface area contributed by atoms with Crippen molar-refractivity contribution in [2.24, 2.45) is 22.2 Å². The minimum Gasteiger partial charge on any atom is -0.481 e. The number of aliphatic hydroxyl groups excluding tert-OH is 1. The summed E-state index contributed by atoms with van der Waals surface area (Å²) in [5.41, 5.74) is 15.8. The van der Waals surface area contributed by atoms with Crippen LogP contribution < -0.4 is 27.8 Å². The quantitative estimate of drug-likeness (QED) is 0.0928. The number of nitrogens with zero attached hydrogens (tertiary/aromatic N) is 1. The van der Waals surface area contributed by atoms with Crippen molar-refractivity contribution in [3.05, 3.63) is 0 Å². The van der Waals surface area contributed by atoms with Gasteiger partial charge in [0.15, 0.2) is 5.96 Å². The van der Waals surface area contributed by atoms with Crippen LogP contribution in [0, 0.1) is 0 Å². The van der Waals surface area contributed by atoms with Gasteiger partial charge in [-0.2, -0.15) is 0 Å². The van der Waals surface area contributed by atoms with Crippen LogP contribution >= 0.6 is 0 Å². The number of carbonyl (C=O) groups excluding carboxylic acids is 2. The molecule has 0 aliphatic heterocycles. The zero-order valence-electron chi connectivity index (χ0n) is 13.9. The second kappa shape index (κ2) is 11.6. The van der Waals surface area contributed by atoms with Crippen LogP contribution in [0.4, 0.5) is 0 Å². The highest BCUT2D eigenvalue weighted by atomic mass is 16.4. The molecule has 0 rings (SSSR count). The maximum absolute atomic E-state index is 12.2. The smallest absolute Gasteiger partial charge is 0.328 e. The van der Waals surface area contributed by atoms with Crippen molar-refractivity contribution >= 4 is 29.7 Å². The summed E-state index contributed by atoms with van der Waals surface area (Å²) in [6.45, 7) is -0.709. The number of aliphatic carboxylic acids is 2. The van der Waals surface area contributed by atoms with Crippen LogP contribution in [0.2, 0.25) is 0 Å². The Kier molecular flexibility index (Phi) is 10.3. The van der Waals surface area contributed by atoms with Crippen LogP contribution in [-0.4, -0.2) is 76.3 Å². The lowest BCUT2D eigenvalue weighted by Gasteiger charge is -2.21. The number of rotatable bonds is 12. The third-order valence-electron chi connectivity index (χ3n) is 3.11. The molecule has 0 spiro atoms. The van der Waals surface area contributed by atoms with Crippen LogP contribution in [0.5, 0.6) is 0 Å². The largest absolute Gasteiger partial charge is 0.481 e. The Morgan fingerprint density at radius 1 is 1.00 bits per heavy atom. The van der Waals surface area contributed by atoms with E-state index in [1.807, 2.05) is 0 Å². The molecule has 13 nitrogen and oxygen atoms in total.